The van der Waals surface area contributed by atoms with Crippen LogP contribution in [0.3, 0.4) is 0 Å². The van der Waals surface area contributed by atoms with Gasteiger partial charge in [0, 0.05) is 11.1 Å². The minimum absolute atomic E-state index is 0.231. The quantitative estimate of drug-likeness (QED) is 0.857. The number of ether oxygens (including phenoxy) is 1. The molecule has 90 valence electrons. The Hall–Kier alpha value is -0.730. The fourth-order valence-corrected chi connectivity index (χ4v) is 1.63. The largest absolute Gasteiger partial charge is 0.494 e. The van der Waals surface area contributed by atoms with Crippen molar-refractivity contribution in [2.45, 2.75) is 39.7 Å². The van der Waals surface area contributed by atoms with Gasteiger partial charge in [-0.1, -0.05) is 18.5 Å². The maximum atomic E-state index is 6.08. The molecule has 1 unspecified atom stereocenters. The first-order valence-corrected chi connectivity index (χ1v) is 6.07. The van der Waals surface area contributed by atoms with Crippen LogP contribution in [0.15, 0.2) is 12.1 Å². The smallest absolute Gasteiger partial charge is 0.119 e. The summed E-state index contributed by atoms with van der Waals surface area (Å²) in [5.41, 5.74) is 7.92. The van der Waals surface area contributed by atoms with Crippen LogP contribution in [0.4, 0.5) is 0 Å². The van der Waals surface area contributed by atoms with Gasteiger partial charge in [0.2, 0.25) is 0 Å². The van der Waals surface area contributed by atoms with Gasteiger partial charge in [0.25, 0.3) is 0 Å². The highest BCUT2D eigenvalue weighted by Gasteiger charge is 2.04. The summed E-state index contributed by atoms with van der Waals surface area (Å²) in [6.07, 6.45) is 1.87. The van der Waals surface area contributed by atoms with Crippen molar-refractivity contribution in [3.8, 4) is 5.75 Å². The Labute approximate surface area is 103 Å². The Morgan fingerprint density at radius 1 is 1.31 bits per heavy atom. The number of hydrogen-bond acceptors (Lipinski definition) is 2. The van der Waals surface area contributed by atoms with Crippen LogP contribution in [0.25, 0.3) is 0 Å². The lowest BCUT2D eigenvalue weighted by Crippen LogP contribution is -2.21. The van der Waals surface area contributed by atoms with E-state index >= 15 is 0 Å². The molecule has 0 heterocycles. The second-order valence-electron chi connectivity index (χ2n) is 4.18. The molecule has 1 rings (SSSR count). The Balaban J connectivity index is 2.55. The molecule has 0 bridgehead atoms. The minimum Gasteiger partial charge on any atom is -0.494 e. The van der Waals surface area contributed by atoms with Crippen LogP contribution in [-0.2, 0) is 0 Å². The molecule has 0 aliphatic heterocycles. The Kier molecular flexibility index (Phi) is 5.10. The lowest BCUT2D eigenvalue weighted by molar-refractivity contribution is 0.296. The predicted octanol–water partition coefficient (Wildman–Crippen LogP) is 3.46. The third-order valence-corrected chi connectivity index (χ3v) is 3.29. The highest BCUT2D eigenvalue weighted by molar-refractivity contribution is 6.32. The lowest BCUT2D eigenvalue weighted by Gasteiger charge is -2.12. The predicted molar refractivity (Wildman–Crippen MR) is 69.3 cm³/mol. The number of halogens is 1. The number of aryl methyl sites for hydroxylation is 2. The third kappa shape index (κ3) is 3.69. The van der Waals surface area contributed by atoms with Gasteiger partial charge in [-0.3, -0.25) is 0 Å². The summed E-state index contributed by atoms with van der Waals surface area (Å²) in [6, 6.07) is 4.16. The Morgan fingerprint density at radius 3 is 2.38 bits per heavy atom. The van der Waals surface area contributed by atoms with Crippen molar-refractivity contribution in [3.05, 3.63) is 28.3 Å². The molecular weight excluding hydrogens is 222 g/mol. The first-order valence-electron chi connectivity index (χ1n) is 5.69. The van der Waals surface area contributed by atoms with Crippen LogP contribution in [0.1, 0.15) is 30.9 Å². The molecule has 0 aliphatic rings. The van der Waals surface area contributed by atoms with Crippen molar-refractivity contribution < 1.29 is 4.74 Å². The van der Waals surface area contributed by atoms with Gasteiger partial charge in [-0.25, -0.2) is 0 Å². The normalized spacial score (nSPS) is 12.6. The molecule has 1 aromatic carbocycles. The van der Waals surface area contributed by atoms with Gasteiger partial charge < -0.3 is 10.5 Å². The standard InChI is InChI=1S/C13H20ClNO/c1-4-11(15)5-6-16-12-7-9(2)13(14)10(3)8-12/h7-8,11H,4-6,15H2,1-3H3. The molecule has 0 spiro atoms. The average molecular weight is 242 g/mol. The van der Waals surface area contributed by atoms with Crippen molar-refractivity contribution >= 4 is 11.6 Å². The molecule has 0 aliphatic carbocycles. The number of nitrogens with two attached hydrogens (primary N) is 1. The van der Waals surface area contributed by atoms with Gasteiger partial charge in [-0.05, 0) is 49.9 Å². The van der Waals surface area contributed by atoms with Gasteiger partial charge in [0.1, 0.15) is 5.75 Å². The van der Waals surface area contributed by atoms with E-state index < -0.39 is 0 Å². The van der Waals surface area contributed by atoms with Crippen LogP contribution < -0.4 is 10.5 Å². The molecule has 3 heteroatoms. The minimum atomic E-state index is 0.231. The number of hydrogen-bond donors (Lipinski definition) is 1. The Bertz CT molecular complexity index is 329. The van der Waals surface area contributed by atoms with Gasteiger partial charge in [0.15, 0.2) is 0 Å². The van der Waals surface area contributed by atoms with Crippen LogP contribution in [0.2, 0.25) is 5.02 Å². The molecule has 0 aromatic heterocycles. The second-order valence-corrected chi connectivity index (χ2v) is 4.55. The SMILES string of the molecule is CCC(N)CCOc1cc(C)c(Cl)c(C)c1. The van der Waals surface area contributed by atoms with Gasteiger partial charge in [-0.2, -0.15) is 0 Å². The van der Waals surface area contributed by atoms with Crippen molar-refractivity contribution in [1.82, 2.24) is 0 Å². The molecule has 2 nitrogen and oxygen atoms in total. The monoisotopic (exact) mass is 241 g/mol. The van der Waals surface area contributed by atoms with E-state index in [9.17, 15) is 0 Å². The van der Waals surface area contributed by atoms with Crippen molar-refractivity contribution in [3.63, 3.8) is 0 Å². The highest BCUT2D eigenvalue weighted by Crippen LogP contribution is 2.25. The first kappa shape index (κ1) is 13.3. The maximum absolute atomic E-state index is 6.08. The summed E-state index contributed by atoms with van der Waals surface area (Å²) in [4.78, 5) is 0. The zero-order chi connectivity index (χ0) is 12.1. The van der Waals surface area contributed by atoms with Crippen LogP contribution in [-0.4, -0.2) is 12.6 Å². The third-order valence-electron chi connectivity index (χ3n) is 2.69. The maximum Gasteiger partial charge on any atom is 0.119 e. The zero-order valence-corrected chi connectivity index (χ0v) is 11.0. The molecule has 16 heavy (non-hydrogen) atoms. The van der Waals surface area contributed by atoms with E-state index in [2.05, 4.69) is 6.92 Å². The van der Waals surface area contributed by atoms with Crippen molar-refractivity contribution in [1.29, 1.82) is 0 Å². The molecule has 1 aromatic rings. The summed E-state index contributed by atoms with van der Waals surface area (Å²) < 4.78 is 5.66. The summed E-state index contributed by atoms with van der Waals surface area (Å²) in [5, 5.41) is 0.817. The molecular formula is C13H20ClNO. The number of benzene rings is 1. The van der Waals surface area contributed by atoms with E-state index in [0.717, 1.165) is 34.7 Å². The Morgan fingerprint density at radius 2 is 1.88 bits per heavy atom. The molecule has 1 atom stereocenters. The van der Waals surface area contributed by atoms with Crippen molar-refractivity contribution in [2.24, 2.45) is 5.73 Å². The van der Waals surface area contributed by atoms with E-state index in [1.54, 1.807) is 0 Å². The van der Waals surface area contributed by atoms with E-state index in [0.29, 0.717) is 6.61 Å². The molecule has 2 N–H and O–H groups in total. The molecule has 0 radical (unpaired) electrons. The fraction of sp³-hybridized carbons (Fsp3) is 0.538. The average Bonchev–Trinajstić information content (AvgIpc) is 2.25. The lowest BCUT2D eigenvalue weighted by atomic mass is 10.1. The second kappa shape index (κ2) is 6.12. The molecule has 0 fully saturated rings. The molecule has 0 saturated carbocycles. The summed E-state index contributed by atoms with van der Waals surface area (Å²) in [5.74, 6) is 0.878. The van der Waals surface area contributed by atoms with E-state index in [4.69, 9.17) is 22.1 Å². The number of rotatable bonds is 5. The molecule has 0 amide bonds. The van der Waals surface area contributed by atoms with Crippen LogP contribution in [0.5, 0.6) is 5.75 Å². The molecule has 0 saturated heterocycles. The summed E-state index contributed by atoms with van der Waals surface area (Å²) in [6.45, 7) is 6.72. The highest BCUT2D eigenvalue weighted by atomic mass is 35.5. The van der Waals surface area contributed by atoms with E-state index in [1.165, 1.54) is 0 Å². The first-order chi connectivity index (χ1) is 7.54. The summed E-state index contributed by atoms with van der Waals surface area (Å²) in [7, 11) is 0. The summed E-state index contributed by atoms with van der Waals surface area (Å²) >= 11 is 6.08. The van der Waals surface area contributed by atoms with Gasteiger partial charge >= 0.3 is 0 Å². The zero-order valence-electron chi connectivity index (χ0n) is 10.2. The van der Waals surface area contributed by atoms with E-state index in [1.807, 2.05) is 26.0 Å². The van der Waals surface area contributed by atoms with Crippen molar-refractivity contribution in [2.75, 3.05) is 6.61 Å². The van der Waals surface area contributed by atoms with Crippen LogP contribution >= 0.6 is 11.6 Å². The van der Waals surface area contributed by atoms with Gasteiger partial charge in [-0.15, -0.1) is 0 Å². The van der Waals surface area contributed by atoms with Crippen LogP contribution in [0, 0.1) is 13.8 Å². The topological polar surface area (TPSA) is 35.2 Å². The van der Waals surface area contributed by atoms with E-state index in [-0.39, 0.29) is 6.04 Å². The van der Waals surface area contributed by atoms with Gasteiger partial charge in [0.05, 0.1) is 6.61 Å². The fourth-order valence-electron chi connectivity index (χ4n) is 1.52.